The van der Waals surface area contributed by atoms with E-state index in [1.54, 1.807) is 6.07 Å². The molecule has 0 saturated heterocycles. The second kappa shape index (κ2) is 6.74. The van der Waals surface area contributed by atoms with E-state index in [4.69, 9.17) is 17.3 Å². The Hall–Kier alpha value is -1.15. The summed E-state index contributed by atoms with van der Waals surface area (Å²) in [4.78, 5) is 11.6. The molecular weight excluding hydrogens is 314 g/mol. The smallest absolute Gasteiger partial charge is 0.242 e. The Morgan fingerprint density at radius 1 is 1.33 bits per heavy atom. The van der Waals surface area contributed by atoms with Crippen molar-refractivity contribution >= 4 is 27.5 Å². The zero-order chi connectivity index (χ0) is 16.3. The maximum atomic E-state index is 12.1. The highest BCUT2D eigenvalue weighted by Gasteiger charge is 2.20. The van der Waals surface area contributed by atoms with E-state index in [2.05, 4.69) is 10.0 Å². The van der Waals surface area contributed by atoms with Crippen molar-refractivity contribution < 1.29 is 13.2 Å². The summed E-state index contributed by atoms with van der Waals surface area (Å²) >= 11 is 5.94. The Bertz CT molecular complexity index is 624. The van der Waals surface area contributed by atoms with Crippen LogP contribution in [0.3, 0.4) is 0 Å². The number of sulfonamides is 1. The summed E-state index contributed by atoms with van der Waals surface area (Å²) in [6, 6.07) is 4.44. The molecule has 0 aliphatic carbocycles. The number of nitrogens with two attached hydrogens (primary N) is 1. The van der Waals surface area contributed by atoms with Crippen LogP contribution >= 0.6 is 11.6 Å². The molecule has 0 fully saturated rings. The highest BCUT2D eigenvalue weighted by atomic mass is 35.5. The molecule has 0 spiro atoms. The third-order valence-corrected chi connectivity index (χ3v) is 4.34. The summed E-state index contributed by atoms with van der Waals surface area (Å²) in [7, 11) is -3.85. The molecule has 0 heterocycles. The van der Waals surface area contributed by atoms with E-state index in [0.717, 1.165) is 5.56 Å². The first-order valence-electron chi connectivity index (χ1n) is 6.34. The van der Waals surface area contributed by atoms with Crippen LogP contribution in [0.25, 0.3) is 0 Å². The lowest BCUT2D eigenvalue weighted by Crippen LogP contribution is -2.45. The standard InChI is InChI=1S/C13H20ClN3O3S/c1-13(2,3)17-12(18)8-16-21(19,20)11-5-4-9(7-15)6-10(11)14/h4-6,16H,7-8,15H2,1-3H3,(H,17,18). The Morgan fingerprint density at radius 2 is 1.95 bits per heavy atom. The number of carbonyl (C=O) groups excluding carboxylic acids is 1. The van der Waals surface area contributed by atoms with Crippen LogP contribution in [0.5, 0.6) is 0 Å². The van der Waals surface area contributed by atoms with Gasteiger partial charge in [0, 0.05) is 12.1 Å². The van der Waals surface area contributed by atoms with Crippen LogP contribution in [-0.4, -0.2) is 26.4 Å². The Morgan fingerprint density at radius 3 is 2.43 bits per heavy atom. The average molecular weight is 334 g/mol. The predicted octanol–water partition coefficient (Wildman–Crippen LogP) is 0.992. The van der Waals surface area contributed by atoms with Gasteiger partial charge in [0.05, 0.1) is 11.6 Å². The number of hydrogen-bond donors (Lipinski definition) is 3. The molecule has 0 bridgehead atoms. The van der Waals surface area contributed by atoms with Crippen LogP contribution in [0, 0.1) is 0 Å². The third-order valence-electron chi connectivity index (χ3n) is 2.46. The van der Waals surface area contributed by atoms with Crippen molar-refractivity contribution in [3.63, 3.8) is 0 Å². The van der Waals surface area contributed by atoms with Crippen LogP contribution in [0.1, 0.15) is 26.3 Å². The second-order valence-electron chi connectivity index (χ2n) is 5.59. The summed E-state index contributed by atoms with van der Waals surface area (Å²) in [5, 5.41) is 2.73. The van der Waals surface area contributed by atoms with E-state index in [-0.39, 0.29) is 23.0 Å². The minimum Gasteiger partial charge on any atom is -0.350 e. The fourth-order valence-corrected chi connectivity index (χ4v) is 3.14. The first kappa shape index (κ1) is 17.9. The third kappa shape index (κ3) is 5.62. The molecule has 1 aromatic rings. The number of carbonyl (C=O) groups is 1. The molecular formula is C13H20ClN3O3S. The molecule has 21 heavy (non-hydrogen) atoms. The van der Waals surface area contributed by atoms with Gasteiger partial charge in [-0.3, -0.25) is 4.79 Å². The van der Waals surface area contributed by atoms with Crippen LogP contribution in [0.4, 0.5) is 0 Å². The molecule has 8 heteroatoms. The van der Waals surface area contributed by atoms with Gasteiger partial charge in [0.25, 0.3) is 0 Å². The van der Waals surface area contributed by atoms with Crippen molar-refractivity contribution in [3.05, 3.63) is 28.8 Å². The minimum absolute atomic E-state index is 0.0710. The van der Waals surface area contributed by atoms with Gasteiger partial charge in [-0.2, -0.15) is 0 Å². The molecule has 0 aliphatic heterocycles. The maximum absolute atomic E-state index is 12.1. The molecule has 1 amide bonds. The quantitative estimate of drug-likeness (QED) is 0.748. The summed E-state index contributed by atoms with van der Waals surface area (Å²) in [6.45, 7) is 5.33. The van der Waals surface area contributed by atoms with Crippen molar-refractivity contribution in [2.75, 3.05) is 6.54 Å². The number of rotatable bonds is 5. The molecule has 6 nitrogen and oxygen atoms in total. The largest absolute Gasteiger partial charge is 0.350 e. The predicted molar refractivity (Wildman–Crippen MR) is 82.4 cm³/mol. The van der Waals surface area contributed by atoms with Crippen molar-refractivity contribution in [3.8, 4) is 0 Å². The van der Waals surface area contributed by atoms with Gasteiger partial charge < -0.3 is 11.1 Å². The van der Waals surface area contributed by atoms with Gasteiger partial charge in [-0.1, -0.05) is 17.7 Å². The normalized spacial score (nSPS) is 12.2. The van der Waals surface area contributed by atoms with Crippen LogP contribution in [-0.2, 0) is 21.4 Å². The molecule has 0 radical (unpaired) electrons. The van der Waals surface area contributed by atoms with Crippen molar-refractivity contribution in [1.29, 1.82) is 0 Å². The highest BCUT2D eigenvalue weighted by molar-refractivity contribution is 7.89. The van der Waals surface area contributed by atoms with Gasteiger partial charge in [-0.15, -0.1) is 0 Å². The lowest BCUT2D eigenvalue weighted by molar-refractivity contribution is -0.121. The summed E-state index contributed by atoms with van der Waals surface area (Å²) in [6.07, 6.45) is 0. The topological polar surface area (TPSA) is 101 Å². The maximum Gasteiger partial charge on any atom is 0.242 e. The Kier molecular flexibility index (Phi) is 5.75. The van der Waals surface area contributed by atoms with E-state index >= 15 is 0 Å². The summed E-state index contributed by atoms with van der Waals surface area (Å²) < 4.78 is 26.5. The average Bonchev–Trinajstić information content (AvgIpc) is 2.34. The number of hydrogen-bond acceptors (Lipinski definition) is 4. The van der Waals surface area contributed by atoms with Gasteiger partial charge in [0.15, 0.2) is 0 Å². The second-order valence-corrected chi connectivity index (χ2v) is 7.73. The van der Waals surface area contributed by atoms with E-state index in [9.17, 15) is 13.2 Å². The fraction of sp³-hybridized carbons (Fsp3) is 0.462. The van der Waals surface area contributed by atoms with Gasteiger partial charge in [0.2, 0.25) is 15.9 Å². The molecule has 0 aliphatic rings. The SMILES string of the molecule is CC(C)(C)NC(=O)CNS(=O)(=O)c1ccc(CN)cc1Cl. The molecule has 0 atom stereocenters. The number of benzene rings is 1. The summed E-state index contributed by atoms with van der Waals surface area (Å²) in [5.74, 6) is -0.416. The van der Waals surface area contributed by atoms with Crippen molar-refractivity contribution in [2.45, 2.75) is 37.8 Å². The van der Waals surface area contributed by atoms with Crippen LogP contribution in [0.2, 0.25) is 5.02 Å². The number of nitrogens with one attached hydrogen (secondary N) is 2. The van der Waals surface area contributed by atoms with E-state index in [0.29, 0.717) is 0 Å². The minimum atomic E-state index is -3.85. The lowest BCUT2D eigenvalue weighted by atomic mass is 10.1. The van der Waals surface area contributed by atoms with Crippen LogP contribution < -0.4 is 15.8 Å². The molecule has 0 unspecified atom stereocenters. The Labute approximate surface area is 130 Å². The molecule has 1 rings (SSSR count). The zero-order valence-electron chi connectivity index (χ0n) is 12.2. The lowest BCUT2D eigenvalue weighted by Gasteiger charge is -2.20. The van der Waals surface area contributed by atoms with E-state index in [1.807, 2.05) is 20.8 Å². The molecule has 0 saturated carbocycles. The van der Waals surface area contributed by atoms with E-state index < -0.39 is 21.5 Å². The van der Waals surface area contributed by atoms with Gasteiger partial charge in [-0.25, -0.2) is 13.1 Å². The van der Waals surface area contributed by atoms with Crippen molar-refractivity contribution in [2.24, 2.45) is 5.73 Å². The Balaban J connectivity index is 2.81. The van der Waals surface area contributed by atoms with Gasteiger partial charge >= 0.3 is 0 Å². The molecule has 4 N–H and O–H groups in total. The molecule has 1 aromatic carbocycles. The monoisotopic (exact) mass is 333 g/mol. The van der Waals surface area contributed by atoms with Crippen LogP contribution in [0.15, 0.2) is 23.1 Å². The van der Waals surface area contributed by atoms with Gasteiger partial charge in [-0.05, 0) is 38.5 Å². The highest BCUT2D eigenvalue weighted by Crippen LogP contribution is 2.22. The first-order valence-corrected chi connectivity index (χ1v) is 8.20. The van der Waals surface area contributed by atoms with Crippen molar-refractivity contribution in [1.82, 2.24) is 10.0 Å². The summed E-state index contributed by atoms with van der Waals surface area (Å²) in [5.41, 5.74) is 5.76. The molecule has 118 valence electrons. The van der Waals surface area contributed by atoms with Gasteiger partial charge in [0.1, 0.15) is 4.90 Å². The first-order chi connectivity index (χ1) is 9.55. The molecule has 0 aromatic heterocycles. The van der Waals surface area contributed by atoms with E-state index in [1.165, 1.54) is 12.1 Å². The number of halogens is 1. The number of amides is 1. The fourth-order valence-electron chi connectivity index (χ4n) is 1.59. The zero-order valence-corrected chi connectivity index (χ0v) is 13.8.